The average Bonchev–Trinajstić information content (AvgIpc) is 2.67. The van der Waals surface area contributed by atoms with Crippen LogP contribution in [-0.2, 0) is 22.6 Å². The average molecular weight is 309 g/mol. The Bertz CT molecular complexity index is 535. The molecule has 0 aliphatic carbocycles. The Balaban J connectivity index is 2.56. The van der Waals surface area contributed by atoms with Crippen molar-refractivity contribution in [2.75, 3.05) is 6.54 Å². The van der Waals surface area contributed by atoms with Gasteiger partial charge in [0, 0.05) is 25.2 Å². The molecular weight excluding hydrogens is 282 g/mol. The molecule has 0 aromatic carbocycles. The molecule has 2 N–H and O–H groups in total. The molecule has 6 heteroatoms. The van der Waals surface area contributed by atoms with Gasteiger partial charge in [0.1, 0.15) is 0 Å². The minimum absolute atomic E-state index is 0.122. The van der Waals surface area contributed by atoms with Gasteiger partial charge >= 0.3 is 5.97 Å². The van der Waals surface area contributed by atoms with Crippen LogP contribution in [0.1, 0.15) is 44.1 Å². The Labute approximate surface area is 131 Å². The summed E-state index contributed by atoms with van der Waals surface area (Å²) in [6.07, 6.45) is 0.977. The summed E-state index contributed by atoms with van der Waals surface area (Å²) >= 11 is 0. The predicted octanol–water partition coefficient (Wildman–Crippen LogP) is 1.93. The molecule has 1 unspecified atom stereocenters. The Kier molecular flexibility index (Phi) is 6.59. The van der Waals surface area contributed by atoms with Gasteiger partial charge in [-0.25, -0.2) is 0 Å². The van der Waals surface area contributed by atoms with E-state index in [1.165, 1.54) is 0 Å². The van der Waals surface area contributed by atoms with E-state index in [1.54, 1.807) is 6.92 Å². The summed E-state index contributed by atoms with van der Waals surface area (Å²) in [6.45, 7) is 10.9. The van der Waals surface area contributed by atoms with Crippen LogP contribution in [-0.4, -0.2) is 33.3 Å². The second-order valence-corrected chi connectivity index (χ2v) is 6.27. The Morgan fingerprint density at radius 3 is 2.45 bits per heavy atom. The zero-order chi connectivity index (χ0) is 16.9. The van der Waals surface area contributed by atoms with Crippen molar-refractivity contribution in [3.8, 4) is 0 Å². The van der Waals surface area contributed by atoms with Crippen LogP contribution in [0.15, 0.2) is 0 Å². The van der Waals surface area contributed by atoms with Gasteiger partial charge in [-0.1, -0.05) is 20.8 Å². The number of amides is 1. The first-order valence-electron chi connectivity index (χ1n) is 7.74. The summed E-state index contributed by atoms with van der Waals surface area (Å²) in [4.78, 5) is 22.5. The molecule has 22 heavy (non-hydrogen) atoms. The van der Waals surface area contributed by atoms with Crippen molar-refractivity contribution in [1.29, 1.82) is 0 Å². The van der Waals surface area contributed by atoms with E-state index in [-0.39, 0.29) is 12.5 Å². The third-order valence-corrected chi connectivity index (χ3v) is 3.70. The van der Waals surface area contributed by atoms with E-state index in [2.05, 4.69) is 24.3 Å². The van der Waals surface area contributed by atoms with Crippen molar-refractivity contribution in [2.24, 2.45) is 11.8 Å². The molecule has 1 atom stereocenters. The van der Waals surface area contributed by atoms with E-state index in [0.29, 0.717) is 18.8 Å². The first kappa shape index (κ1) is 18.2. The van der Waals surface area contributed by atoms with Gasteiger partial charge in [-0.05, 0) is 31.7 Å². The van der Waals surface area contributed by atoms with Gasteiger partial charge in [-0.15, -0.1) is 0 Å². The summed E-state index contributed by atoms with van der Waals surface area (Å²) in [5.41, 5.74) is 3.19. The smallest absolute Gasteiger partial charge is 0.308 e. The molecule has 0 saturated heterocycles. The number of nitrogens with one attached hydrogen (secondary N) is 1. The Morgan fingerprint density at radius 1 is 1.27 bits per heavy atom. The maximum atomic E-state index is 11.8. The third kappa shape index (κ3) is 5.16. The summed E-state index contributed by atoms with van der Waals surface area (Å²) in [5, 5.41) is 16.0. The van der Waals surface area contributed by atoms with Gasteiger partial charge in [0.25, 0.3) is 0 Å². The van der Waals surface area contributed by atoms with Crippen LogP contribution in [0, 0.1) is 25.7 Å². The van der Waals surface area contributed by atoms with E-state index in [4.69, 9.17) is 5.11 Å². The van der Waals surface area contributed by atoms with Crippen molar-refractivity contribution in [2.45, 2.75) is 54.0 Å². The minimum atomic E-state index is -0.901. The lowest BCUT2D eigenvalue weighted by atomic mass is 10.1. The van der Waals surface area contributed by atoms with Crippen LogP contribution in [0.4, 0.5) is 0 Å². The van der Waals surface area contributed by atoms with Gasteiger partial charge in [0.15, 0.2) is 0 Å². The fourth-order valence-electron chi connectivity index (χ4n) is 2.30. The molecule has 0 fully saturated rings. The van der Waals surface area contributed by atoms with Crippen molar-refractivity contribution in [1.82, 2.24) is 15.1 Å². The van der Waals surface area contributed by atoms with Crippen LogP contribution < -0.4 is 5.32 Å². The molecule has 0 bridgehead atoms. The lowest BCUT2D eigenvalue weighted by Gasteiger charge is -2.09. The highest BCUT2D eigenvalue weighted by atomic mass is 16.4. The number of hydrogen-bond acceptors (Lipinski definition) is 3. The number of rotatable bonds is 8. The lowest BCUT2D eigenvalue weighted by Crippen LogP contribution is -2.31. The normalized spacial score (nSPS) is 12.5. The number of carbonyl (C=O) groups excluding carboxylic acids is 1. The second kappa shape index (κ2) is 7.96. The number of carbonyl (C=O) groups is 2. The molecular formula is C16H27N3O3. The molecule has 0 spiro atoms. The highest BCUT2D eigenvalue weighted by Gasteiger charge is 2.15. The van der Waals surface area contributed by atoms with Crippen molar-refractivity contribution in [3.63, 3.8) is 0 Å². The first-order valence-corrected chi connectivity index (χ1v) is 7.74. The maximum Gasteiger partial charge on any atom is 0.308 e. The number of carboxylic acid groups (broad SMARTS) is 1. The summed E-state index contributed by atoms with van der Waals surface area (Å²) in [7, 11) is 0. The Hall–Kier alpha value is -1.85. The number of hydrogen-bond donors (Lipinski definition) is 2. The summed E-state index contributed by atoms with van der Waals surface area (Å²) < 4.78 is 2.00. The van der Waals surface area contributed by atoms with Crippen LogP contribution in [0.3, 0.4) is 0 Å². The van der Waals surface area contributed by atoms with Crippen LogP contribution in [0.5, 0.6) is 0 Å². The fourth-order valence-corrected chi connectivity index (χ4v) is 2.30. The zero-order valence-electron chi connectivity index (χ0n) is 14.1. The SMILES string of the molecule is Cc1nn(CC(C)C)c(C)c1CCC(=O)NCC(C)C(=O)O. The predicted molar refractivity (Wildman–Crippen MR) is 84.7 cm³/mol. The van der Waals surface area contributed by atoms with E-state index in [1.807, 2.05) is 18.5 Å². The highest BCUT2D eigenvalue weighted by molar-refractivity contribution is 5.77. The van der Waals surface area contributed by atoms with Crippen LogP contribution in [0.2, 0.25) is 0 Å². The quantitative estimate of drug-likeness (QED) is 0.768. The molecule has 124 valence electrons. The molecule has 1 aromatic heterocycles. The van der Waals surface area contributed by atoms with Gasteiger partial charge in [-0.2, -0.15) is 5.10 Å². The third-order valence-electron chi connectivity index (χ3n) is 3.70. The molecule has 1 aromatic rings. The number of carboxylic acids is 1. The molecule has 0 aliphatic rings. The van der Waals surface area contributed by atoms with Gasteiger partial charge in [0.05, 0.1) is 11.6 Å². The number of aryl methyl sites for hydroxylation is 1. The summed E-state index contributed by atoms with van der Waals surface area (Å²) in [6, 6.07) is 0. The maximum absolute atomic E-state index is 11.8. The van der Waals surface area contributed by atoms with Crippen molar-refractivity contribution in [3.05, 3.63) is 17.0 Å². The number of nitrogens with zero attached hydrogens (tertiary/aromatic N) is 2. The van der Waals surface area contributed by atoms with E-state index in [9.17, 15) is 9.59 Å². The largest absolute Gasteiger partial charge is 0.481 e. The molecule has 0 saturated carbocycles. The molecule has 1 amide bonds. The number of aliphatic carboxylic acids is 1. The molecule has 6 nitrogen and oxygen atoms in total. The van der Waals surface area contributed by atoms with E-state index in [0.717, 1.165) is 23.5 Å². The van der Waals surface area contributed by atoms with Crippen LogP contribution in [0.25, 0.3) is 0 Å². The first-order chi connectivity index (χ1) is 10.2. The topological polar surface area (TPSA) is 84.2 Å². The van der Waals surface area contributed by atoms with Crippen molar-refractivity contribution < 1.29 is 14.7 Å². The molecule has 0 aliphatic heterocycles. The highest BCUT2D eigenvalue weighted by Crippen LogP contribution is 2.16. The van der Waals surface area contributed by atoms with E-state index >= 15 is 0 Å². The van der Waals surface area contributed by atoms with Crippen LogP contribution >= 0.6 is 0 Å². The Morgan fingerprint density at radius 2 is 1.91 bits per heavy atom. The lowest BCUT2D eigenvalue weighted by molar-refractivity contribution is -0.141. The van der Waals surface area contributed by atoms with E-state index < -0.39 is 11.9 Å². The zero-order valence-corrected chi connectivity index (χ0v) is 14.1. The van der Waals surface area contributed by atoms with Gasteiger partial charge in [-0.3, -0.25) is 14.3 Å². The van der Waals surface area contributed by atoms with Gasteiger partial charge < -0.3 is 10.4 Å². The minimum Gasteiger partial charge on any atom is -0.481 e. The second-order valence-electron chi connectivity index (χ2n) is 6.27. The summed E-state index contributed by atoms with van der Waals surface area (Å²) in [5.74, 6) is -1.07. The van der Waals surface area contributed by atoms with Gasteiger partial charge in [0.2, 0.25) is 5.91 Å². The fraction of sp³-hybridized carbons (Fsp3) is 0.688. The molecule has 0 radical (unpaired) electrons. The molecule has 1 rings (SSSR count). The molecule has 1 heterocycles. The number of aromatic nitrogens is 2. The standard InChI is InChI=1S/C16H27N3O3/c1-10(2)9-19-13(5)14(12(4)18-19)6-7-15(20)17-8-11(3)16(21)22/h10-11H,6-9H2,1-5H3,(H,17,20)(H,21,22). The monoisotopic (exact) mass is 309 g/mol. The van der Waals surface area contributed by atoms with Crippen molar-refractivity contribution >= 4 is 11.9 Å².